The Morgan fingerprint density at radius 1 is 0.933 bits per heavy atom. The number of likely N-dealkylation sites (tertiary alicyclic amines) is 1. The van der Waals surface area contributed by atoms with Gasteiger partial charge in [0.2, 0.25) is 0 Å². The Balaban J connectivity index is 0.00000218. The summed E-state index contributed by atoms with van der Waals surface area (Å²) in [6.07, 6.45) is 4.98. The van der Waals surface area contributed by atoms with Crippen molar-refractivity contribution in [3.05, 3.63) is 54.2 Å². The number of para-hydroxylation sites is 3. The molecule has 5 rings (SSSR count). The van der Waals surface area contributed by atoms with E-state index in [1.54, 1.807) is 4.90 Å². The number of aromatic nitrogens is 1. The number of ether oxygens (including phenoxy) is 1. The largest absolute Gasteiger partial charge is 0.452 e. The first-order valence-electron chi connectivity index (χ1n) is 10.6. The number of carbonyl (C=O) groups is 1. The SMILES string of the molecule is CN1C(=O)c2c(c3ccccc3n2CCCN2CCCCC2)Oc2ccccc21.Cl. The molecular weight excluding hydrogens is 398 g/mol. The minimum absolute atomic E-state index is 0. The summed E-state index contributed by atoms with van der Waals surface area (Å²) in [4.78, 5) is 17.7. The van der Waals surface area contributed by atoms with Crippen LogP contribution in [-0.2, 0) is 6.54 Å². The highest BCUT2D eigenvalue weighted by atomic mass is 35.5. The minimum atomic E-state index is -0.0147. The maximum atomic E-state index is 13.5. The van der Waals surface area contributed by atoms with Crippen molar-refractivity contribution in [3.8, 4) is 11.5 Å². The second-order valence-electron chi connectivity index (χ2n) is 8.04. The maximum absolute atomic E-state index is 13.5. The predicted octanol–water partition coefficient (Wildman–Crippen LogP) is 5.32. The number of amides is 1. The monoisotopic (exact) mass is 425 g/mol. The number of hydrogen-bond donors (Lipinski definition) is 0. The Morgan fingerprint density at radius 3 is 2.50 bits per heavy atom. The van der Waals surface area contributed by atoms with Gasteiger partial charge in [0.05, 0.1) is 11.2 Å². The van der Waals surface area contributed by atoms with E-state index in [4.69, 9.17) is 4.74 Å². The smallest absolute Gasteiger partial charge is 0.278 e. The van der Waals surface area contributed by atoms with Crippen LogP contribution in [0.1, 0.15) is 36.2 Å². The van der Waals surface area contributed by atoms with Gasteiger partial charge in [-0.15, -0.1) is 12.4 Å². The lowest BCUT2D eigenvalue weighted by atomic mass is 10.1. The third-order valence-corrected chi connectivity index (χ3v) is 6.18. The Bertz CT molecular complexity index is 1060. The van der Waals surface area contributed by atoms with Crippen molar-refractivity contribution < 1.29 is 9.53 Å². The standard InChI is InChI=1S/C24H27N3O2.ClH/c1-25-20-12-5-6-13-21(20)29-23-18-10-3-4-11-19(18)27(22(23)24(25)28)17-9-16-26-14-7-2-8-15-26;/h3-6,10-13H,2,7-9,14-17H2,1H3;1H. The number of hydrogen-bond acceptors (Lipinski definition) is 3. The van der Waals surface area contributed by atoms with E-state index in [1.807, 2.05) is 43.4 Å². The third kappa shape index (κ3) is 3.57. The van der Waals surface area contributed by atoms with Crippen LogP contribution in [0.5, 0.6) is 11.5 Å². The number of carbonyl (C=O) groups excluding carboxylic acids is 1. The quantitative estimate of drug-likeness (QED) is 0.567. The molecule has 158 valence electrons. The molecule has 0 bridgehead atoms. The lowest BCUT2D eigenvalue weighted by Crippen LogP contribution is -2.31. The summed E-state index contributed by atoms with van der Waals surface area (Å²) in [5.74, 6) is 1.39. The molecule has 0 spiro atoms. The molecule has 2 aliphatic rings. The van der Waals surface area contributed by atoms with Crippen molar-refractivity contribution in [1.82, 2.24) is 9.47 Å². The molecule has 0 radical (unpaired) electrons. The predicted molar refractivity (Wildman–Crippen MR) is 123 cm³/mol. The molecule has 0 aliphatic carbocycles. The van der Waals surface area contributed by atoms with Gasteiger partial charge in [0.15, 0.2) is 17.2 Å². The number of rotatable bonds is 4. The van der Waals surface area contributed by atoms with E-state index in [9.17, 15) is 4.79 Å². The van der Waals surface area contributed by atoms with Crippen LogP contribution in [0, 0.1) is 0 Å². The van der Waals surface area contributed by atoms with E-state index in [0.29, 0.717) is 11.4 Å². The molecule has 0 N–H and O–H groups in total. The van der Waals surface area contributed by atoms with Gasteiger partial charge in [0, 0.05) is 19.0 Å². The second kappa shape index (κ2) is 8.70. The van der Waals surface area contributed by atoms with Gasteiger partial charge in [-0.3, -0.25) is 4.79 Å². The zero-order valence-electron chi connectivity index (χ0n) is 17.3. The third-order valence-electron chi connectivity index (χ3n) is 6.18. The summed E-state index contributed by atoms with van der Waals surface area (Å²) in [5, 5.41) is 0.999. The Labute approximate surface area is 183 Å². The van der Waals surface area contributed by atoms with Crippen molar-refractivity contribution in [1.29, 1.82) is 0 Å². The topological polar surface area (TPSA) is 37.7 Å². The molecule has 6 heteroatoms. The Morgan fingerprint density at radius 2 is 1.67 bits per heavy atom. The second-order valence-corrected chi connectivity index (χ2v) is 8.04. The van der Waals surface area contributed by atoms with Crippen LogP contribution in [0.4, 0.5) is 5.69 Å². The number of halogens is 1. The molecule has 2 aliphatic heterocycles. The molecule has 0 unspecified atom stereocenters. The zero-order valence-corrected chi connectivity index (χ0v) is 18.2. The van der Waals surface area contributed by atoms with Gasteiger partial charge < -0.3 is 19.1 Å². The summed E-state index contributed by atoms with van der Waals surface area (Å²) >= 11 is 0. The molecule has 0 atom stereocenters. The lowest BCUT2D eigenvalue weighted by Gasteiger charge is -2.26. The van der Waals surface area contributed by atoms with E-state index in [1.165, 1.54) is 32.4 Å². The number of benzene rings is 2. The first kappa shape index (κ1) is 20.8. The maximum Gasteiger partial charge on any atom is 0.278 e. The summed E-state index contributed by atoms with van der Waals surface area (Å²) in [6.45, 7) is 4.28. The van der Waals surface area contributed by atoms with Crippen LogP contribution < -0.4 is 9.64 Å². The fraction of sp³-hybridized carbons (Fsp3) is 0.375. The van der Waals surface area contributed by atoms with Crippen LogP contribution >= 0.6 is 12.4 Å². The highest BCUT2D eigenvalue weighted by Crippen LogP contribution is 2.43. The first-order valence-corrected chi connectivity index (χ1v) is 10.6. The van der Waals surface area contributed by atoms with E-state index >= 15 is 0 Å². The van der Waals surface area contributed by atoms with Crippen LogP contribution in [0.15, 0.2) is 48.5 Å². The number of nitrogens with zero attached hydrogens (tertiary/aromatic N) is 3. The number of fused-ring (bicyclic) bond motifs is 4. The summed E-state index contributed by atoms with van der Waals surface area (Å²) in [6, 6.07) is 15.9. The highest BCUT2D eigenvalue weighted by Gasteiger charge is 2.31. The average Bonchev–Trinajstić information content (AvgIpc) is 3.01. The summed E-state index contributed by atoms with van der Waals surface area (Å²) < 4.78 is 8.51. The normalized spacial score (nSPS) is 16.4. The number of anilines is 1. The van der Waals surface area contributed by atoms with Gasteiger partial charge >= 0.3 is 0 Å². The molecule has 1 saturated heterocycles. The fourth-order valence-corrected chi connectivity index (χ4v) is 4.65. The molecule has 3 heterocycles. The number of piperidine rings is 1. The molecule has 5 nitrogen and oxygen atoms in total. The van der Waals surface area contributed by atoms with E-state index in [2.05, 4.69) is 21.6 Å². The van der Waals surface area contributed by atoms with Gasteiger partial charge in [-0.25, -0.2) is 0 Å². The van der Waals surface area contributed by atoms with Crippen molar-refractivity contribution in [2.24, 2.45) is 0 Å². The van der Waals surface area contributed by atoms with Crippen molar-refractivity contribution >= 4 is 34.9 Å². The van der Waals surface area contributed by atoms with Crippen LogP contribution in [0.3, 0.4) is 0 Å². The molecule has 30 heavy (non-hydrogen) atoms. The first-order chi connectivity index (χ1) is 14.2. The Kier molecular flexibility index (Phi) is 6.02. The van der Waals surface area contributed by atoms with Gasteiger partial charge in [0.1, 0.15) is 0 Å². The van der Waals surface area contributed by atoms with Gasteiger partial charge in [-0.05, 0) is 63.2 Å². The van der Waals surface area contributed by atoms with Crippen molar-refractivity contribution in [2.45, 2.75) is 32.2 Å². The number of aryl methyl sites for hydroxylation is 1. The molecule has 3 aromatic rings. The van der Waals surface area contributed by atoms with Crippen molar-refractivity contribution in [3.63, 3.8) is 0 Å². The van der Waals surface area contributed by atoms with Crippen LogP contribution in [0.2, 0.25) is 0 Å². The summed E-state index contributed by atoms with van der Waals surface area (Å²) in [7, 11) is 1.83. The molecular formula is C24H28ClN3O2. The molecule has 2 aromatic carbocycles. The lowest BCUT2D eigenvalue weighted by molar-refractivity contribution is 0.0984. The average molecular weight is 426 g/mol. The van der Waals surface area contributed by atoms with Crippen LogP contribution in [-0.4, -0.2) is 42.1 Å². The molecule has 1 aromatic heterocycles. The van der Waals surface area contributed by atoms with Gasteiger partial charge in [0.25, 0.3) is 5.91 Å². The minimum Gasteiger partial charge on any atom is -0.452 e. The highest BCUT2D eigenvalue weighted by molar-refractivity contribution is 6.12. The van der Waals surface area contributed by atoms with E-state index < -0.39 is 0 Å². The van der Waals surface area contributed by atoms with Crippen molar-refractivity contribution in [2.75, 3.05) is 31.6 Å². The summed E-state index contributed by atoms with van der Waals surface area (Å²) in [5.41, 5.74) is 2.53. The Hall–Kier alpha value is -2.50. The molecule has 0 saturated carbocycles. The van der Waals surface area contributed by atoms with Gasteiger partial charge in [-0.1, -0.05) is 30.7 Å². The van der Waals surface area contributed by atoms with Crippen LogP contribution in [0.25, 0.3) is 10.9 Å². The van der Waals surface area contributed by atoms with E-state index in [-0.39, 0.29) is 18.3 Å². The molecule has 1 fully saturated rings. The molecule has 1 amide bonds. The fourth-order valence-electron chi connectivity index (χ4n) is 4.65. The van der Waals surface area contributed by atoms with Gasteiger partial charge in [-0.2, -0.15) is 0 Å². The van der Waals surface area contributed by atoms with E-state index in [0.717, 1.165) is 41.9 Å². The zero-order chi connectivity index (χ0) is 19.8.